The second-order valence-electron chi connectivity index (χ2n) is 6.33. The van der Waals surface area contributed by atoms with Crippen molar-refractivity contribution in [3.05, 3.63) is 0 Å². The summed E-state index contributed by atoms with van der Waals surface area (Å²) in [5, 5.41) is 18.8. The molecule has 2 rings (SSSR count). The van der Waals surface area contributed by atoms with Gasteiger partial charge in [-0.25, -0.2) is 9.59 Å². The Balaban J connectivity index is 0.000000260. The summed E-state index contributed by atoms with van der Waals surface area (Å²) in [6.45, 7) is 5.91. The minimum Gasteiger partial charge on any atom is -0.450 e. The van der Waals surface area contributed by atoms with Crippen molar-refractivity contribution in [1.29, 1.82) is 0 Å². The van der Waals surface area contributed by atoms with E-state index in [0.717, 1.165) is 0 Å². The van der Waals surface area contributed by atoms with Crippen molar-refractivity contribution in [1.82, 2.24) is 9.80 Å². The number of likely N-dealkylation sites (tertiary alicyclic amines) is 2. The number of carbonyl (C=O) groups excluding carboxylic acids is 2. The molecule has 0 saturated carbocycles. The quantitative estimate of drug-likeness (QED) is 0.482. The van der Waals surface area contributed by atoms with Crippen molar-refractivity contribution in [2.24, 2.45) is 11.5 Å². The molecule has 0 spiro atoms. The SMILES string of the molecule is CCOC(=O)N1CC[C@@H](N)[C@@H](O)C1.CCOC(=O)N1CC[C@H](N)[C@H](O)C1. The maximum atomic E-state index is 11.2. The molecule has 0 aliphatic carbocycles. The summed E-state index contributed by atoms with van der Waals surface area (Å²) in [6.07, 6.45) is -0.738. The fraction of sp³-hybridized carbons (Fsp3) is 0.875. The van der Waals surface area contributed by atoms with Gasteiger partial charge < -0.3 is 41.0 Å². The van der Waals surface area contributed by atoms with Crippen LogP contribution in [-0.2, 0) is 9.47 Å². The molecule has 0 unspecified atom stereocenters. The summed E-state index contributed by atoms with van der Waals surface area (Å²) in [7, 11) is 0. The first-order chi connectivity index (χ1) is 12.3. The zero-order valence-corrected chi connectivity index (χ0v) is 15.5. The fourth-order valence-electron chi connectivity index (χ4n) is 2.66. The number of nitrogens with zero attached hydrogens (tertiary/aromatic N) is 2. The Kier molecular flexibility index (Phi) is 9.63. The summed E-state index contributed by atoms with van der Waals surface area (Å²) >= 11 is 0. The third-order valence-electron chi connectivity index (χ3n) is 4.32. The first-order valence-electron chi connectivity index (χ1n) is 9.00. The van der Waals surface area contributed by atoms with Gasteiger partial charge in [-0.1, -0.05) is 0 Å². The van der Waals surface area contributed by atoms with Crippen LogP contribution in [0.5, 0.6) is 0 Å². The molecule has 2 aliphatic heterocycles. The van der Waals surface area contributed by atoms with E-state index < -0.39 is 12.2 Å². The van der Waals surface area contributed by atoms with E-state index >= 15 is 0 Å². The number of ether oxygens (including phenoxy) is 2. The third-order valence-corrected chi connectivity index (χ3v) is 4.32. The van der Waals surface area contributed by atoms with Crippen molar-refractivity contribution in [3.8, 4) is 0 Å². The van der Waals surface area contributed by atoms with E-state index in [1.165, 1.54) is 9.80 Å². The summed E-state index contributed by atoms with van der Waals surface area (Å²) in [6, 6.07) is -0.434. The van der Waals surface area contributed by atoms with Crippen molar-refractivity contribution in [3.63, 3.8) is 0 Å². The Morgan fingerprint density at radius 3 is 1.50 bits per heavy atom. The average Bonchev–Trinajstić information content (AvgIpc) is 2.60. The lowest BCUT2D eigenvalue weighted by Crippen LogP contribution is -2.52. The largest absolute Gasteiger partial charge is 0.450 e. The average molecular weight is 376 g/mol. The van der Waals surface area contributed by atoms with E-state index in [-0.39, 0.29) is 37.4 Å². The molecule has 10 heteroatoms. The van der Waals surface area contributed by atoms with Gasteiger partial charge in [0.25, 0.3) is 0 Å². The molecular formula is C16H32N4O6. The van der Waals surface area contributed by atoms with Crippen LogP contribution in [0.1, 0.15) is 26.7 Å². The van der Waals surface area contributed by atoms with Gasteiger partial charge in [0.2, 0.25) is 0 Å². The maximum absolute atomic E-state index is 11.2. The van der Waals surface area contributed by atoms with Crippen LogP contribution in [0.25, 0.3) is 0 Å². The number of aliphatic hydroxyl groups is 2. The molecule has 2 saturated heterocycles. The molecule has 2 heterocycles. The molecule has 0 radical (unpaired) electrons. The van der Waals surface area contributed by atoms with E-state index in [1.807, 2.05) is 0 Å². The fourth-order valence-corrected chi connectivity index (χ4v) is 2.66. The first kappa shape index (κ1) is 22.4. The lowest BCUT2D eigenvalue weighted by molar-refractivity contribution is 0.0401. The van der Waals surface area contributed by atoms with Gasteiger partial charge in [-0.15, -0.1) is 0 Å². The number of nitrogens with two attached hydrogens (primary N) is 2. The van der Waals surface area contributed by atoms with Crippen LogP contribution in [0.4, 0.5) is 9.59 Å². The monoisotopic (exact) mass is 376 g/mol. The van der Waals surface area contributed by atoms with Gasteiger partial charge in [0.15, 0.2) is 0 Å². The van der Waals surface area contributed by atoms with Crippen LogP contribution in [0.15, 0.2) is 0 Å². The first-order valence-corrected chi connectivity index (χ1v) is 9.00. The zero-order chi connectivity index (χ0) is 19.7. The molecule has 2 fully saturated rings. The molecule has 2 aliphatic rings. The van der Waals surface area contributed by atoms with Gasteiger partial charge >= 0.3 is 12.2 Å². The minimum absolute atomic E-state index is 0.217. The highest BCUT2D eigenvalue weighted by molar-refractivity contribution is 5.68. The van der Waals surface area contributed by atoms with Gasteiger partial charge in [0, 0.05) is 25.2 Å². The molecular weight excluding hydrogens is 344 g/mol. The topological polar surface area (TPSA) is 152 Å². The molecule has 0 bridgehead atoms. The predicted octanol–water partition coefficient (Wildman–Crippen LogP) is -0.926. The minimum atomic E-state index is -0.627. The van der Waals surface area contributed by atoms with Crippen molar-refractivity contribution in [2.75, 3.05) is 39.4 Å². The van der Waals surface area contributed by atoms with Crippen molar-refractivity contribution >= 4 is 12.2 Å². The predicted molar refractivity (Wildman–Crippen MR) is 94.4 cm³/mol. The highest BCUT2D eigenvalue weighted by atomic mass is 16.6. The highest BCUT2D eigenvalue weighted by Gasteiger charge is 2.29. The van der Waals surface area contributed by atoms with E-state index in [2.05, 4.69) is 0 Å². The molecule has 10 nitrogen and oxygen atoms in total. The van der Waals surface area contributed by atoms with Crippen LogP contribution < -0.4 is 11.5 Å². The van der Waals surface area contributed by atoms with Crippen LogP contribution in [0, 0.1) is 0 Å². The summed E-state index contributed by atoms with van der Waals surface area (Å²) in [4.78, 5) is 25.4. The molecule has 152 valence electrons. The van der Waals surface area contributed by atoms with Gasteiger partial charge in [-0.05, 0) is 26.7 Å². The van der Waals surface area contributed by atoms with Crippen LogP contribution in [0.2, 0.25) is 0 Å². The molecule has 4 atom stereocenters. The maximum Gasteiger partial charge on any atom is 0.409 e. The summed E-state index contributed by atoms with van der Waals surface area (Å²) < 4.78 is 9.60. The third kappa shape index (κ3) is 6.94. The molecule has 0 aromatic rings. The molecule has 2 amide bonds. The van der Waals surface area contributed by atoms with Gasteiger partial charge in [0.05, 0.1) is 38.5 Å². The summed E-state index contributed by atoms with van der Waals surface area (Å²) in [5.74, 6) is 0. The molecule has 6 N–H and O–H groups in total. The lowest BCUT2D eigenvalue weighted by Gasteiger charge is -2.33. The number of β-amino-alcohol motifs (C(OH)–C–C–N with tert-alkyl or cyclic N) is 2. The molecule has 0 aromatic carbocycles. The number of aliphatic hydroxyl groups excluding tert-OH is 2. The second-order valence-corrected chi connectivity index (χ2v) is 6.33. The number of carbonyl (C=O) groups is 2. The lowest BCUT2D eigenvalue weighted by atomic mass is 10.0. The second kappa shape index (κ2) is 11.2. The number of amides is 2. The van der Waals surface area contributed by atoms with Crippen LogP contribution in [0.3, 0.4) is 0 Å². The zero-order valence-electron chi connectivity index (χ0n) is 15.5. The number of piperidine rings is 2. The standard InChI is InChI=1S/2C8H16N2O3/c2*1-2-13-8(12)10-4-3-6(9)7(11)5-10/h2*6-7,11H,2-5,9H2,1H3/t2*6-,7+/m10/s1. The Morgan fingerprint density at radius 1 is 0.885 bits per heavy atom. The number of rotatable bonds is 2. The molecule has 26 heavy (non-hydrogen) atoms. The normalized spacial score (nSPS) is 28.7. The van der Waals surface area contributed by atoms with E-state index in [9.17, 15) is 19.8 Å². The Bertz CT molecular complexity index is 412. The Hall–Kier alpha value is -1.62. The summed E-state index contributed by atoms with van der Waals surface area (Å²) in [5.41, 5.74) is 11.2. The van der Waals surface area contributed by atoms with E-state index in [4.69, 9.17) is 20.9 Å². The number of hydrogen-bond donors (Lipinski definition) is 4. The van der Waals surface area contributed by atoms with E-state index in [0.29, 0.717) is 39.1 Å². The Labute approximate surface area is 154 Å². The number of hydrogen-bond acceptors (Lipinski definition) is 8. The molecule has 0 aromatic heterocycles. The van der Waals surface area contributed by atoms with Crippen molar-refractivity contribution in [2.45, 2.75) is 51.0 Å². The van der Waals surface area contributed by atoms with Crippen LogP contribution in [-0.4, -0.2) is 95.9 Å². The highest BCUT2D eigenvalue weighted by Crippen LogP contribution is 2.11. The van der Waals surface area contributed by atoms with Gasteiger partial charge in [-0.3, -0.25) is 0 Å². The van der Waals surface area contributed by atoms with Crippen LogP contribution >= 0.6 is 0 Å². The van der Waals surface area contributed by atoms with Gasteiger partial charge in [0.1, 0.15) is 0 Å². The Morgan fingerprint density at radius 2 is 1.23 bits per heavy atom. The van der Waals surface area contributed by atoms with E-state index in [1.54, 1.807) is 13.8 Å². The smallest absolute Gasteiger partial charge is 0.409 e. The van der Waals surface area contributed by atoms with Gasteiger partial charge in [-0.2, -0.15) is 0 Å². The van der Waals surface area contributed by atoms with Crippen molar-refractivity contribution < 1.29 is 29.3 Å².